The van der Waals surface area contributed by atoms with Crippen molar-refractivity contribution in [2.45, 2.75) is 13.1 Å². The lowest BCUT2D eigenvalue weighted by molar-refractivity contribution is 0.0952. The van der Waals surface area contributed by atoms with Gasteiger partial charge in [-0.25, -0.2) is 0 Å². The number of amides is 1. The molecule has 1 aromatic heterocycles. The first-order valence-corrected chi connectivity index (χ1v) is 9.14. The molecule has 0 radical (unpaired) electrons. The summed E-state index contributed by atoms with van der Waals surface area (Å²) in [7, 11) is 1.63. The minimum atomic E-state index is -0.116. The third-order valence-electron chi connectivity index (χ3n) is 4.68. The van der Waals surface area contributed by atoms with Crippen molar-refractivity contribution in [1.82, 2.24) is 15.1 Å². The summed E-state index contributed by atoms with van der Waals surface area (Å²) in [6.45, 7) is 1.13. The Balaban J connectivity index is 1.46. The molecule has 0 saturated heterocycles. The average molecular weight is 371 g/mol. The van der Waals surface area contributed by atoms with Crippen molar-refractivity contribution in [1.29, 1.82) is 0 Å². The fourth-order valence-electron chi connectivity index (χ4n) is 3.28. The Morgan fingerprint density at radius 3 is 2.50 bits per heavy atom. The molecule has 0 aliphatic carbocycles. The lowest BCUT2D eigenvalue weighted by Crippen LogP contribution is -2.22. The van der Waals surface area contributed by atoms with Gasteiger partial charge in [0.2, 0.25) is 0 Å². The molecule has 0 unspecified atom stereocenters. The van der Waals surface area contributed by atoms with E-state index in [4.69, 9.17) is 4.74 Å². The predicted molar refractivity (Wildman–Crippen MR) is 109 cm³/mol. The lowest BCUT2D eigenvalue weighted by atomic mass is 10.0. The minimum absolute atomic E-state index is 0.116. The van der Waals surface area contributed by atoms with Gasteiger partial charge in [-0.2, -0.15) is 5.10 Å². The van der Waals surface area contributed by atoms with Gasteiger partial charge < -0.3 is 10.1 Å². The van der Waals surface area contributed by atoms with E-state index in [1.165, 1.54) is 5.56 Å². The fraction of sp³-hybridized carbons (Fsp3) is 0.130. The van der Waals surface area contributed by atoms with Crippen LogP contribution >= 0.6 is 0 Å². The van der Waals surface area contributed by atoms with E-state index in [-0.39, 0.29) is 5.91 Å². The lowest BCUT2D eigenvalue weighted by Gasteiger charge is -2.10. The molecule has 0 atom stereocenters. The van der Waals surface area contributed by atoms with Gasteiger partial charge in [0.25, 0.3) is 5.91 Å². The van der Waals surface area contributed by atoms with Crippen molar-refractivity contribution >= 4 is 16.7 Å². The van der Waals surface area contributed by atoms with Crippen LogP contribution in [0.1, 0.15) is 21.5 Å². The Bertz CT molecular complexity index is 1100. The van der Waals surface area contributed by atoms with Gasteiger partial charge in [-0.15, -0.1) is 0 Å². The molecule has 140 valence electrons. The third-order valence-corrected chi connectivity index (χ3v) is 4.68. The number of aromatic nitrogens is 2. The zero-order valence-electron chi connectivity index (χ0n) is 15.6. The third kappa shape index (κ3) is 3.74. The van der Waals surface area contributed by atoms with Crippen molar-refractivity contribution in [2.75, 3.05) is 7.11 Å². The molecule has 0 aliphatic rings. The smallest absolute Gasteiger partial charge is 0.252 e. The molecule has 0 saturated carbocycles. The van der Waals surface area contributed by atoms with Crippen LogP contribution in [0.4, 0.5) is 0 Å². The van der Waals surface area contributed by atoms with Gasteiger partial charge >= 0.3 is 0 Å². The number of carbonyl (C=O) groups is 1. The van der Waals surface area contributed by atoms with E-state index in [0.717, 1.165) is 22.1 Å². The van der Waals surface area contributed by atoms with Crippen LogP contribution in [0, 0.1) is 0 Å². The highest BCUT2D eigenvalue weighted by Crippen LogP contribution is 2.28. The Labute approximate surface area is 163 Å². The van der Waals surface area contributed by atoms with E-state index < -0.39 is 0 Å². The Morgan fingerprint density at radius 1 is 0.964 bits per heavy atom. The maximum absolute atomic E-state index is 12.8. The van der Waals surface area contributed by atoms with E-state index in [1.54, 1.807) is 19.4 Å². The second kappa shape index (κ2) is 7.96. The molecule has 0 aliphatic heterocycles. The number of nitrogens with zero attached hydrogens (tertiary/aromatic N) is 2. The number of ether oxygens (including phenoxy) is 1. The summed E-state index contributed by atoms with van der Waals surface area (Å²) in [5.41, 5.74) is 2.78. The van der Waals surface area contributed by atoms with Crippen molar-refractivity contribution in [3.63, 3.8) is 0 Å². The van der Waals surface area contributed by atoms with Crippen molar-refractivity contribution in [2.24, 2.45) is 0 Å². The molecule has 4 aromatic rings. The molecule has 4 rings (SSSR count). The first kappa shape index (κ1) is 17.8. The number of hydrogen-bond donors (Lipinski definition) is 1. The van der Waals surface area contributed by atoms with Crippen LogP contribution in [0.2, 0.25) is 0 Å². The van der Waals surface area contributed by atoms with E-state index >= 15 is 0 Å². The van der Waals surface area contributed by atoms with Gasteiger partial charge in [-0.3, -0.25) is 9.48 Å². The van der Waals surface area contributed by atoms with Crippen LogP contribution < -0.4 is 10.1 Å². The summed E-state index contributed by atoms with van der Waals surface area (Å²) in [4.78, 5) is 12.8. The van der Waals surface area contributed by atoms with Crippen LogP contribution in [-0.4, -0.2) is 22.8 Å². The SMILES string of the molecule is COc1ccc(C(=O)NCc2cnn(Cc3ccccc3)c2)c2ccccc12. The van der Waals surface area contributed by atoms with Crippen molar-refractivity contribution in [3.8, 4) is 5.75 Å². The topological polar surface area (TPSA) is 56.1 Å². The average Bonchev–Trinajstić information content (AvgIpc) is 3.19. The van der Waals surface area contributed by atoms with Gasteiger partial charge in [-0.05, 0) is 23.1 Å². The van der Waals surface area contributed by atoms with Crippen molar-refractivity contribution < 1.29 is 9.53 Å². The molecule has 3 aromatic carbocycles. The molecule has 5 heteroatoms. The number of fused-ring (bicyclic) bond motifs is 1. The summed E-state index contributed by atoms with van der Waals surface area (Å²) >= 11 is 0. The molecule has 0 bridgehead atoms. The molecule has 5 nitrogen and oxygen atoms in total. The van der Waals surface area contributed by atoms with E-state index in [0.29, 0.717) is 18.7 Å². The quantitative estimate of drug-likeness (QED) is 0.557. The number of rotatable bonds is 6. The summed E-state index contributed by atoms with van der Waals surface area (Å²) in [5.74, 6) is 0.643. The van der Waals surface area contributed by atoms with Crippen LogP contribution in [0.15, 0.2) is 79.1 Å². The summed E-state index contributed by atoms with van der Waals surface area (Å²) in [6.07, 6.45) is 3.74. The Hall–Kier alpha value is -3.60. The summed E-state index contributed by atoms with van der Waals surface area (Å²) < 4.78 is 7.27. The normalized spacial score (nSPS) is 10.8. The highest BCUT2D eigenvalue weighted by molar-refractivity contribution is 6.08. The summed E-state index contributed by atoms with van der Waals surface area (Å²) in [6, 6.07) is 21.5. The van der Waals surface area contributed by atoms with Gasteiger partial charge in [0.1, 0.15) is 5.75 Å². The second-order valence-corrected chi connectivity index (χ2v) is 6.58. The number of nitrogens with one attached hydrogen (secondary N) is 1. The molecule has 1 amide bonds. The first-order chi connectivity index (χ1) is 13.7. The molecule has 1 heterocycles. The maximum Gasteiger partial charge on any atom is 0.252 e. The van der Waals surface area contributed by atoms with Gasteiger partial charge in [-0.1, -0.05) is 54.6 Å². The number of carbonyl (C=O) groups excluding carboxylic acids is 1. The van der Waals surface area contributed by atoms with Gasteiger partial charge in [0, 0.05) is 29.3 Å². The predicted octanol–water partition coefficient (Wildman–Crippen LogP) is 4.02. The molecular formula is C23H21N3O2. The first-order valence-electron chi connectivity index (χ1n) is 9.14. The van der Waals surface area contributed by atoms with Gasteiger partial charge in [0.15, 0.2) is 0 Å². The van der Waals surface area contributed by atoms with E-state index in [9.17, 15) is 4.79 Å². The molecular weight excluding hydrogens is 350 g/mol. The Morgan fingerprint density at radius 2 is 1.71 bits per heavy atom. The van der Waals surface area contributed by atoms with Crippen LogP contribution in [0.3, 0.4) is 0 Å². The van der Waals surface area contributed by atoms with E-state index in [2.05, 4.69) is 22.5 Å². The molecule has 0 fully saturated rings. The highest BCUT2D eigenvalue weighted by Gasteiger charge is 2.12. The second-order valence-electron chi connectivity index (χ2n) is 6.58. The van der Waals surface area contributed by atoms with Crippen molar-refractivity contribution in [3.05, 3.63) is 95.8 Å². The molecule has 28 heavy (non-hydrogen) atoms. The maximum atomic E-state index is 12.8. The number of methoxy groups -OCH3 is 1. The largest absolute Gasteiger partial charge is 0.496 e. The zero-order chi connectivity index (χ0) is 19.3. The van der Waals surface area contributed by atoms with Crippen LogP contribution in [-0.2, 0) is 13.1 Å². The zero-order valence-corrected chi connectivity index (χ0v) is 15.6. The summed E-state index contributed by atoms with van der Waals surface area (Å²) in [5, 5.41) is 9.17. The Kier molecular flexibility index (Phi) is 5.06. The number of hydrogen-bond acceptors (Lipinski definition) is 3. The van der Waals surface area contributed by atoms with Gasteiger partial charge in [0.05, 0.1) is 19.9 Å². The number of benzene rings is 3. The fourth-order valence-corrected chi connectivity index (χ4v) is 3.28. The standard InChI is InChI=1S/C23H21N3O2/c1-28-22-12-11-21(19-9-5-6-10-20(19)22)23(27)24-13-18-14-25-26(16-18)15-17-7-3-2-4-8-17/h2-12,14,16H,13,15H2,1H3,(H,24,27). The van der Waals surface area contributed by atoms with E-state index in [1.807, 2.05) is 59.4 Å². The monoisotopic (exact) mass is 371 g/mol. The van der Waals surface area contributed by atoms with Crippen LogP contribution in [0.25, 0.3) is 10.8 Å². The molecule has 1 N–H and O–H groups in total. The van der Waals surface area contributed by atoms with Crippen LogP contribution in [0.5, 0.6) is 5.75 Å². The minimum Gasteiger partial charge on any atom is -0.496 e. The highest BCUT2D eigenvalue weighted by atomic mass is 16.5. The molecule has 0 spiro atoms.